The molecule has 1 rings (SSSR count). The number of carbonyl (C=O) groups excluding carboxylic acids is 1. The summed E-state index contributed by atoms with van der Waals surface area (Å²) in [5, 5.41) is -0.535. The lowest BCUT2D eigenvalue weighted by molar-refractivity contribution is -0.134. The van der Waals surface area contributed by atoms with Crippen LogP contribution in [0.2, 0.25) is 0 Å². The van der Waals surface area contributed by atoms with Gasteiger partial charge in [-0.1, -0.05) is 50.8 Å². The highest BCUT2D eigenvalue weighted by atomic mass is 35.5. The van der Waals surface area contributed by atoms with Gasteiger partial charge in [-0.2, -0.15) is 0 Å². The minimum atomic E-state index is -0.535. The number of hydrogen-bond donors (Lipinski definition) is 0. The zero-order chi connectivity index (χ0) is 12.5. The van der Waals surface area contributed by atoms with Gasteiger partial charge in [0, 0.05) is 0 Å². The van der Waals surface area contributed by atoms with E-state index < -0.39 is 5.38 Å². The molecule has 0 amide bonds. The molecule has 94 valence electrons. The van der Waals surface area contributed by atoms with E-state index in [1.54, 1.807) is 12.1 Å². The largest absolute Gasteiger partial charge is 0.425 e. The first-order valence-corrected chi connectivity index (χ1v) is 6.58. The molecule has 0 heterocycles. The highest BCUT2D eigenvalue weighted by molar-refractivity contribution is 6.30. The second-order valence-corrected chi connectivity index (χ2v) is 4.58. The van der Waals surface area contributed by atoms with E-state index in [0.29, 0.717) is 12.2 Å². The molecule has 2 nitrogen and oxygen atoms in total. The topological polar surface area (TPSA) is 26.3 Å². The van der Waals surface area contributed by atoms with Crippen molar-refractivity contribution >= 4 is 17.6 Å². The molecule has 17 heavy (non-hydrogen) atoms. The Hall–Kier alpha value is -1.02. The molecule has 1 aromatic carbocycles. The molecule has 0 fully saturated rings. The van der Waals surface area contributed by atoms with Gasteiger partial charge in [0.15, 0.2) is 0 Å². The van der Waals surface area contributed by atoms with Crippen LogP contribution in [0.4, 0.5) is 0 Å². The van der Waals surface area contributed by atoms with Crippen molar-refractivity contribution < 1.29 is 9.53 Å². The van der Waals surface area contributed by atoms with Crippen molar-refractivity contribution in [3.63, 3.8) is 0 Å². The van der Waals surface area contributed by atoms with Gasteiger partial charge in [-0.15, -0.1) is 11.6 Å². The smallest absolute Gasteiger partial charge is 0.329 e. The Labute approximate surface area is 108 Å². The molecule has 0 aliphatic carbocycles. The predicted octanol–water partition coefficient (Wildman–Crippen LogP) is 4.17. The molecule has 1 unspecified atom stereocenters. The lowest BCUT2D eigenvalue weighted by Crippen LogP contribution is -2.20. The number of benzene rings is 1. The van der Waals surface area contributed by atoms with Gasteiger partial charge in [-0.3, -0.25) is 4.79 Å². The van der Waals surface area contributed by atoms with Crippen LogP contribution >= 0.6 is 11.6 Å². The average molecular weight is 255 g/mol. The molecular weight excluding hydrogens is 236 g/mol. The highest BCUT2D eigenvalue weighted by Gasteiger charge is 2.16. The summed E-state index contributed by atoms with van der Waals surface area (Å²) in [4.78, 5) is 11.6. The SMILES string of the molecule is CCCCCCC(Cl)C(=O)Oc1ccccc1. The minimum Gasteiger partial charge on any atom is -0.425 e. The van der Waals surface area contributed by atoms with Crippen molar-refractivity contribution in [1.29, 1.82) is 0 Å². The van der Waals surface area contributed by atoms with Crippen molar-refractivity contribution in [2.75, 3.05) is 0 Å². The third-order valence-electron chi connectivity index (χ3n) is 2.53. The van der Waals surface area contributed by atoms with E-state index in [4.69, 9.17) is 16.3 Å². The van der Waals surface area contributed by atoms with Crippen LogP contribution in [0.15, 0.2) is 30.3 Å². The molecule has 0 aromatic heterocycles. The molecular formula is C14H19ClO2. The van der Waals surface area contributed by atoms with Gasteiger partial charge < -0.3 is 4.74 Å². The number of hydrogen-bond acceptors (Lipinski definition) is 2. The normalized spacial score (nSPS) is 12.1. The van der Waals surface area contributed by atoms with Gasteiger partial charge in [0.2, 0.25) is 0 Å². The first-order chi connectivity index (χ1) is 8.24. The van der Waals surface area contributed by atoms with Gasteiger partial charge in [0.1, 0.15) is 11.1 Å². The highest BCUT2D eigenvalue weighted by Crippen LogP contribution is 2.15. The van der Waals surface area contributed by atoms with Crippen LogP contribution in [-0.4, -0.2) is 11.3 Å². The van der Waals surface area contributed by atoms with Crippen LogP contribution in [0.1, 0.15) is 39.0 Å². The van der Waals surface area contributed by atoms with Gasteiger partial charge in [0.25, 0.3) is 0 Å². The molecule has 0 radical (unpaired) electrons. The summed E-state index contributed by atoms with van der Waals surface area (Å²) < 4.78 is 5.16. The first-order valence-electron chi connectivity index (χ1n) is 6.15. The molecule has 0 spiro atoms. The van der Waals surface area contributed by atoms with Crippen LogP contribution in [0.25, 0.3) is 0 Å². The molecule has 0 saturated heterocycles. The van der Waals surface area contributed by atoms with E-state index in [9.17, 15) is 4.79 Å². The van der Waals surface area contributed by atoms with Gasteiger partial charge in [0.05, 0.1) is 0 Å². The van der Waals surface area contributed by atoms with Crippen molar-refractivity contribution in [2.45, 2.75) is 44.4 Å². The monoisotopic (exact) mass is 254 g/mol. The summed E-state index contributed by atoms with van der Waals surface area (Å²) >= 11 is 5.99. The number of halogens is 1. The van der Waals surface area contributed by atoms with E-state index in [2.05, 4.69) is 6.92 Å². The maximum atomic E-state index is 11.6. The standard InChI is InChI=1S/C14H19ClO2/c1-2-3-4-8-11-13(15)14(16)17-12-9-6-5-7-10-12/h5-7,9-10,13H,2-4,8,11H2,1H3. The molecule has 1 atom stereocenters. The molecule has 0 saturated carbocycles. The summed E-state index contributed by atoms with van der Waals surface area (Å²) in [5.74, 6) is 0.200. The minimum absolute atomic E-state index is 0.352. The lowest BCUT2D eigenvalue weighted by atomic mass is 10.1. The number of carbonyl (C=O) groups is 1. The Morgan fingerprint density at radius 3 is 2.59 bits per heavy atom. The van der Waals surface area contributed by atoms with E-state index >= 15 is 0 Å². The first kappa shape index (κ1) is 14.0. The summed E-state index contributed by atoms with van der Waals surface area (Å²) in [6.45, 7) is 2.15. The average Bonchev–Trinajstić information content (AvgIpc) is 2.35. The van der Waals surface area contributed by atoms with E-state index in [1.165, 1.54) is 12.8 Å². The molecule has 0 bridgehead atoms. The zero-order valence-corrected chi connectivity index (χ0v) is 11.0. The molecule has 0 aliphatic heterocycles. The fourth-order valence-corrected chi connectivity index (χ4v) is 1.74. The molecule has 1 aromatic rings. The quantitative estimate of drug-likeness (QED) is 0.316. The van der Waals surface area contributed by atoms with Gasteiger partial charge in [-0.25, -0.2) is 0 Å². The third kappa shape index (κ3) is 5.73. The van der Waals surface area contributed by atoms with Crippen LogP contribution in [0.3, 0.4) is 0 Å². The molecule has 0 aliphatic rings. The van der Waals surface area contributed by atoms with Gasteiger partial charge >= 0.3 is 5.97 Å². The molecule has 0 N–H and O–H groups in total. The van der Waals surface area contributed by atoms with Gasteiger partial charge in [-0.05, 0) is 18.6 Å². The van der Waals surface area contributed by atoms with E-state index in [1.807, 2.05) is 18.2 Å². The second kappa shape index (κ2) is 8.13. The van der Waals surface area contributed by atoms with Crippen LogP contribution < -0.4 is 4.74 Å². The Bertz CT molecular complexity index is 324. The number of para-hydroxylation sites is 1. The van der Waals surface area contributed by atoms with Crippen LogP contribution in [0.5, 0.6) is 5.75 Å². The second-order valence-electron chi connectivity index (χ2n) is 4.05. The zero-order valence-electron chi connectivity index (χ0n) is 10.2. The summed E-state index contributed by atoms with van der Waals surface area (Å²) in [7, 11) is 0. The Balaban J connectivity index is 2.27. The van der Waals surface area contributed by atoms with Crippen molar-refractivity contribution in [3.05, 3.63) is 30.3 Å². The lowest BCUT2D eigenvalue weighted by Gasteiger charge is -2.09. The van der Waals surface area contributed by atoms with Crippen LogP contribution in [0, 0.1) is 0 Å². The van der Waals surface area contributed by atoms with Crippen molar-refractivity contribution in [1.82, 2.24) is 0 Å². The Morgan fingerprint density at radius 1 is 1.24 bits per heavy atom. The number of rotatable bonds is 7. The number of esters is 1. The third-order valence-corrected chi connectivity index (χ3v) is 2.92. The fraction of sp³-hybridized carbons (Fsp3) is 0.500. The number of ether oxygens (including phenoxy) is 1. The van der Waals surface area contributed by atoms with Crippen molar-refractivity contribution in [3.8, 4) is 5.75 Å². The summed E-state index contributed by atoms with van der Waals surface area (Å²) in [6.07, 6.45) is 5.16. The van der Waals surface area contributed by atoms with Crippen LogP contribution in [-0.2, 0) is 4.79 Å². The maximum Gasteiger partial charge on any atom is 0.329 e. The summed E-state index contributed by atoms with van der Waals surface area (Å²) in [6, 6.07) is 9.03. The maximum absolute atomic E-state index is 11.6. The van der Waals surface area contributed by atoms with Crippen molar-refractivity contribution in [2.24, 2.45) is 0 Å². The fourth-order valence-electron chi connectivity index (χ4n) is 1.54. The number of alkyl halides is 1. The number of unbranched alkanes of at least 4 members (excludes halogenated alkanes) is 3. The predicted molar refractivity (Wildman–Crippen MR) is 70.5 cm³/mol. The van der Waals surface area contributed by atoms with E-state index in [0.717, 1.165) is 12.8 Å². The summed E-state index contributed by atoms with van der Waals surface area (Å²) in [5.41, 5.74) is 0. The Morgan fingerprint density at radius 2 is 1.94 bits per heavy atom. The Kier molecular flexibility index (Phi) is 6.71. The van der Waals surface area contributed by atoms with E-state index in [-0.39, 0.29) is 5.97 Å². The molecule has 3 heteroatoms.